The van der Waals surface area contributed by atoms with Crippen LogP contribution in [0.3, 0.4) is 0 Å². The molecule has 5 atom stereocenters. The number of hydrogen-bond acceptors (Lipinski definition) is 8. The van der Waals surface area contributed by atoms with Gasteiger partial charge in [0.1, 0.15) is 24.4 Å². The van der Waals surface area contributed by atoms with Crippen LogP contribution in [0, 0.1) is 5.82 Å². The van der Waals surface area contributed by atoms with Gasteiger partial charge in [-0.2, -0.15) is 0 Å². The number of thiophene rings is 1. The topological polar surface area (TPSA) is 154 Å². The van der Waals surface area contributed by atoms with Gasteiger partial charge in [0.25, 0.3) is 0 Å². The van der Waals surface area contributed by atoms with Gasteiger partial charge in [-0.15, -0.1) is 11.3 Å². The lowest BCUT2D eigenvalue weighted by Crippen LogP contribution is -2.60. The van der Waals surface area contributed by atoms with E-state index in [4.69, 9.17) is 15.2 Å². The average molecular weight is 414 g/mol. The normalized spacial score (nSPS) is 27.4. The Hall–Kier alpha value is -2.28. The maximum Gasteiger partial charge on any atom is 0.316 e. The Morgan fingerprint density at radius 1 is 1.25 bits per heavy atom. The van der Waals surface area contributed by atoms with Crippen molar-refractivity contribution in [3.05, 3.63) is 35.5 Å². The van der Waals surface area contributed by atoms with Crippen molar-refractivity contribution in [3.63, 3.8) is 0 Å². The molecule has 2 amide bonds. The monoisotopic (exact) mass is 414 g/mol. The van der Waals surface area contributed by atoms with Crippen LogP contribution in [0.1, 0.15) is 0 Å². The van der Waals surface area contributed by atoms with Crippen LogP contribution in [0.4, 0.5) is 14.9 Å². The second-order valence-electron chi connectivity index (χ2n) is 6.15. The van der Waals surface area contributed by atoms with E-state index in [-0.39, 0.29) is 5.75 Å². The zero-order valence-electron chi connectivity index (χ0n) is 14.4. The standard InChI is InChI=1S/C17H19FN2O7S/c18-9-3-7(12-4-8(6-28-12)20-17(19)25)1-2-10(9)26-16-15(24)14(23)13(22)11(5-21)27-16/h1-4,6,11,13-16,21-24H,5H2,(H3,19,20,25). The number of benzene rings is 1. The molecule has 0 saturated carbocycles. The Morgan fingerprint density at radius 3 is 2.64 bits per heavy atom. The number of aliphatic hydroxyl groups excluding tert-OH is 4. The van der Waals surface area contributed by atoms with Gasteiger partial charge in [0.05, 0.1) is 12.3 Å². The Morgan fingerprint density at radius 2 is 2.00 bits per heavy atom. The van der Waals surface area contributed by atoms with Gasteiger partial charge >= 0.3 is 6.03 Å². The van der Waals surface area contributed by atoms with Gasteiger partial charge in [-0.05, 0) is 29.8 Å². The van der Waals surface area contributed by atoms with Crippen LogP contribution >= 0.6 is 11.3 Å². The van der Waals surface area contributed by atoms with E-state index in [2.05, 4.69) is 5.32 Å². The van der Waals surface area contributed by atoms with E-state index < -0.39 is 49.2 Å². The van der Waals surface area contributed by atoms with E-state index in [0.717, 1.165) is 0 Å². The largest absolute Gasteiger partial charge is 0.459 e. The number of nitrogens with two attached hydrogens (primary N) is 1. The van der Waals surface area contributed by atoms with Gasteiger partial charge in [-0.25, -0.2) is 9.18 Å². The summed E-state index contributed by atoms with van der Waals surface area (Å²) in [6.07, 6.45) is -7.44. The number of anilines is 1. The lowest BCUT2D eigenvalue weighted by Gasteiger charge is -2.39. The molecule has 2 aromatic rings. The number of primary amides is 1. The molecule has 1 aromatic carbocycles. The highest BCUT2D eigenvalue weighted by atomic mass is 32.1. The molecule has 9 nitrogen and oxygen atoms in total. The summed E-state index contributed by atoms with van der Waals surface area (Å²) in [4.78, 5) is 11.5. The number of urea groups is 1. The van der Waals surface area contributed by atoms with E-state index >= 15 is 0 Å². The molecule has 0 aliphatic carbocycles. The molecule has 3 rings (SSSR count). The number of nitrogens with one attached hydrogen (secondary N) is 1. The maximum absolute atomic E-state index is 14.5. The fourth-order valence-corrected chi connectivity index (χ4v) is 3.57. The minimum absolute atomic E-state index is 0.250. The number of hydrogen-bond donors (Lipinski definition) is 6. The first-order chi connectivity index (χ1) is 13.3. The highest BCUT2D eigenvalue weighted by molar-refractivity contribution is 7.14. The molecular weight excluding hydrogens is 395 g/mol. The van der Waals surface area contributed by atoms with Crippen molar-refractivity contribution in [1.82, 2.24) is 0 Å². The van der Waals surface area contributed by atoms with Gasteiger partial charge in [0.2, 0.25) is 6.29 Å². The first-order valence-corrected chi connectivity index (χ1v) is 9.10. The van der Waals surface area contributed by atoms with Crippen molar-refractivity contribution >= 4 is 23.1 Å². The van der Waals surface area contributed by atoms with Crippen LogP contribution in [0.25, 0.3) is 10.4 Å². The second kappa shape index (κ2) is 8.39. The molecule has 5 unspecified atom stereocenters. The molecular formula is C17H19FN2O7S. The third kappa shape index (κ3) is 4.24. The van der Waals surface area contributed by atoms with Gasteiger partial charge in [0, 0.05) is 10.3 Å². The van der Waals surface area contributed by atoms with Crippen LogP contribution in [0.2, 0.25) is 0 Å². The molecule has 1 aromatic heterocycles. The lowest BCUT2D eigenvalue weighted by molar-refractivity contribution is -0.277. The summed E-state index contributed by atoms with van der Waals surface area (Å²) in [5.74, 6) is -1.01. The first kappa shape index (κ1) is 20.5. The summed E-state index contributed by atoms with van der Waals surface area (Å²) >= 11 is 1.27. The van der Waals surface area contributed by atoms with Crippen molar-refractivity contribution in [3.8, 4) is 16.2 Å². The Kier molecular flexibility index (Phi) is 6.13. The van der Waals surface area contributed by atoms with E-state index in [1.165, 1.54) is 23.5 Å². The summed E-state index contributed by atoms with van der Waals surface area (Å²) in [6, 6.07) is 4.98. The molecule has 11 heteroatoms. The van der Waals surface area contributed by atoms with Gasteiger partial charge in [-0.1, -0.05) is 0 Å². The van der Waals surface area contributed by atoms with Crippen molar-refractivity contribution < 1.29 is 39.1 Å². The van der Waals surface area contributed by atoms with E-state index in [0.29, 0.717) is 16.1 Å². The molecule has 1 aliphatic heterocycles. The Balaban J connectivity index is 1.75. The predicted molar refractivity (Wildman–Crippen MR) is 97.3 cm³/mol. The summed E-state index contributed by atoms with van der Waals surface area (Å²) in [7, 11) is 0. The molecule has 1 aliphatic rings. The molecule has 1 saturated heterocycles. The second-order valence-corrected chi connectivity index (χ2v) is 7.06. The zero-order chi connectivity index (χ0) is 20.4. The third-order valence-electron chi connectivity index (χ3n) is 4.17. The SMILES string of the molecule is NC(=O)Nc1csc(-c2ccc(OC3OC(CO)C(O)C(O)C3O)c(F)c2)c1. The average Bonchev–Trinajstić information content (AvgIpc) is 3.11. The summed E-state index contributed by atoms with van der Waals surface area (Å²) in [5, 5.41) is 42.8. The summed E-state index contributed by atoms with van der Waals surface area (Å²) in [5.41, 5.74) is 6.05. The molecule has 28 heavy (non-hydrogen) atoms. The lowest BCUT2D eigenvalue weighted by atomic mass is 9.99. The van der Waals surface area contributed by atoms with E-state index in [1.807, 2.05) is 0 Å². The van der Waals surface area contributed by atoms with Gasteiger partial charge in [0.15, 0.2) is 11.6 Å². The fraction of sp³-hybridized carbons (Fsp3) is 0.353. The minimum atomic E-state index is -1.64. The van der Waals surface area contributed by atoms with Crippen molar-refractivity contribution in [2.24, 2.45) is 5.73 Å². The van der Waals surface area contributed by atoms with Crippen molar-refractivity contribution in [1.29, 1.82) is 0 Å². The van der Waals surface area contributed by atoms with Crippen LogP contribution in [-0.2, 0) is 4.74 Å². The maximum atomic E-state index is 14.5. The summed E-state index contributed by atoms with van der Waals surface area (Å²) in [6.45, 7) is -0.619. The number of carbonyl (C=O) groups excluding carboxylic acids is 1. The Bertz CT molecular complexity index is 847. The molecule has 152 valence electrons. The number of rotatable bonds is 5. The van der Waals surface area contributed by atoms with E-state index in [1.54, 1.807) is 17.5 Å². The molecule has 2 heterocycles. The van der Waals surface area contributed by atoms with Crippen LogP contribution in [-0.4, -0.2) is 63.8 Å². The highest BCUT2D eigenvalue weighted by Crippen LogP contribution is 2.33. The van der Waals surface area contributed by atoms with Crippen LogP contribution < -0.4 is 15.8 Å². The molecule has 0 radical (unpaired) electrons. The van der Waals surface area contributed by atoms with Crippen LogP contribution in [0.15, 0.2) is 29.6 Å². The number of halogens is 1. The fourth-order valence-electron chi connectivity index (χ4n) is 2.73. The molecule has 1 fully saturated rings. The number of ether oxygens (including phenoxy) is 2. The summed E-state index contributed by atoms with van der Waals surface area (Å²) < 4.78 is 25.0. The quantitative estimate of drug-likeness (QED) is 0.409. The Labute approximate surface area is 162 Å². The zero-order valence-corrected chi connectivity index (χ0v) is 15.2. The molecule has 7 N–H and O–H groups in total. The minimum Gasteiger partial charge on any atom is -0.459 e. The smallest absolute Gasteiger partial charge is 0.316 e. The molecule has 0 spiro atoms. The first-order valence-electron chi connectivity index (χ1n) is 8.22. The van der Waals surface area contributed by atoms with Crippen LogP contribution in [0.5, 0.6) is 5.75 Å². The van der Waals surface area contributed by atoms with E-state index in [9.17, 15) is 29.6 Å². The third-order valence-corrected chi connectivity index (χ3v) is 5.15. The number of aliphatic hydroxyl groups is 4. The highest BCUT2D eigenvalue weighted by Gasteiger charge is 2.44. The number of amides is 2. The molecule has 0 bridgehead atoms. The predicted octanol–water partition coefficient (Wildman–Crippen LogP) is 0.223. The van der Waals surface area contributed by atoms with Crippen molar-refractivity contribution in [2.45, 2.75) is 30.7 Å². The number of carbonyl (C=O) groups is 1. The van der Waals surface area contributed by atoms with Gasteiger partial charge < -0.3 is 41.0 Å². The van der Waals surface area contributed by atoms with Gasteiger partial charge in [-0.3, -0.25) is 0 Å². The van der Waals surface area contributed by atoms with Crippen molar-refractivity contribution in [2.75, 3.05) is 11.9 Å².